The monoisotopic (exact) mass is 178 g/mol. The van der Waals surface area contributed by atoms with Gasteiger partial charge < -0.3 is 0 Å². The van der Waals surface area contributed by atoms with E-state index in [-0.39, 0.29) is 5.78 Å². The molecule has 1 fully saturated rings. The Bertz CT molecular complexity index is 337. The van der Waals surface area contributed by atoms with Gasteiger partial charge in [0.15, 0.2) is 5.78 Å². The van der Waals surface area contributed by atoms with E-state index in [4.69, 9.17) is 0 Å². The summed E-state index contributed by atoms with van der Waals surface area (Å²) in [5.74, 6) is 0.812. The summed E-state index contributed by atoms with van der Waals surface area (Å²) in [5.41, 5.74) is 1.85. The molecule has 1 aromatic rings. The number of hydrogen-bond donors (Lipinski definition) is 0. The molecule has 0 spiro atoms. The maximum atomic E-state index is 11.4. The van der Waals surface area contributed by atoms with Crippen molar-refractivity contribution < 1.29 is 4.79 Å². The number of hydrogen-bond acceptors (Lipinski definition) is 2. The topological polar surface area (TPSA) is 34.9 Å². The molecule has 0 bridgehead atoms. The second kappa shape index (κ2) is 2.98. The van der Waals surface area contributed by atoms with E-state index in [2.05, 4.69) is 5.10 Å². The Labute approximate surface area is 77.7 Å². The molecule has 3 nitrogen and oxygen atoms in total. The number of aryl methyl sites for hydroxylation is 1. The lowest BCUT2D eigenvalue weighted by Crippen LogP contribution is -2.04. The third-order valence-corrected chi connectivity index (χ3v) is 2.50. The highest BCUT2D eigenvalue weighted by atomic mass is 16.1. The van der Waals surface area contributed by atoms with Gasteiger partial charge in [0.25, 0.3) is 0 Å². The van der Waals surface area contributed by atoms with Gasteiger partial charge in [-0.25, -0.2) is 0 Å². The Balaban J connectivity index is 2.29. The van der Waals surface area contributed by atoms with Crippen LogP contribution in [-0.2, 0) is 7.05 Å². The Morgan fingerprint density at radius 3 is 2.92 bits per heavy atom. The first-order valence-corrected chi connectivity index (χ1v) is 4.79. The van der Waals surface area contributed by atoms with Crippen molar-refractivity contribution in [3.05, 3.63) is 17.5 Å². The number of Topliss-reactive ketones (excluding diaryl/α,β-unsaturated/α-hetero) is 1. The highest BCUT2D eigenvalue weighted by Gasteiger charge is 2.27. The normalized spacial score (nSPS) is 16.2. The van der Waals surface area contributed by atoms with Crippen molar-refractivity contribution in [3.8, 4) is 0 Å². The summed E-state index contributed by atoms with van der Waals surface area (Å²) in [5, 5.41) is 4.34. The highest BCUT2D eigenvalue weighted by Crippen LogP contribution is 2.39. The zero-order chi connectivity index (χ0) is 9.42. The lowest BCUT2D eigenvalue weighted by Gasteiger charge is -1.95. The van der Waals surface area contributed by atoms with Crippen LogP contribution in [0.3, 0.4) is 0 Å². The smallest absolute Gasteiger partial charge is 0.180 e. The third kappa shape index (κ3) is 1.50. The molecule has 0 atom stereocenters. The van der Waals surface area contributed by atoms with Crippen molar-refractivity contribution in [2.24, 2.45) is 7.05 Å². The minimum absolute atomic E-state index is 0.182. The van der Waals surface area contributed by atoms with Crippen molar-refractivity contribution in [1.29, 1.82) is 0 Å². The Hall–Kier alpha value is -1.12. The molecule has 70 valence electrons. The maximum Gasteiger partial charge on any atom is 0.180 e. The zero-order valence-corrected chi connectivity index (χ0v) is 8.08. The van der Waals surface area contributed by atoms with Gasteiger partial charge in [-0.1, -0.05) is 6.92 Å². The van der Waals surface area contributed by atoms with E-state index in [1.807, 2.05) is 20.0 Å². The average molecular weight is 178 g/mol. The number of carbonyl (C=O) groups excluding carboxylic acids is 1. The number of carbonyl (C=O) groups is 1. The van der Waals surface area contributed by atoms with E-state index in [9.17, 15) is 4.79 Å². The quantitative estimate of drug-likeness (QED) is 0.662. The van der Waals surface area contributed by atoms with Gasteiger partial charge in [-0.3, -0.25) is 9.48 Å². The molecule has 0 radical (unpaired) electrons. The van der Waals surface area contributed by atoms with Gasteiger partial charge in [0.2, 0.25) is 0 Å². The number of rotatable bonds is 3. The summed E-state index contributed by atoms with van der Waals surface area (Å²) in [6.07, 6.45) is 3.02. The van der Waals surface area contributed by atoms with E-state index >= 15 is 0 Å². The summed E-state index contributed by atoms with van der Waals surface area (Å²) in [6, 6.07) is 1.95. The molecule has 0 aliphatic heterocycles. The first kappa shape index (κ1) is 8.48. The van der Waals surface area contributed by atoms with Gasteiger partial charge in [0.1, 0.15) is 5.69 Å². The highest BCUT2D eigenvalue weighted by molar-refractivity contribution is 5.94. The zero-order valence-electron chi connectivity index (χ0n) is 8.08. The second-order valence-corrected chi connectivity index (χ2v) is 3.63. The van der Waals surface area contributed by atoms with Crippen LogP contribution in [0, 0.1) is 0 Å². The molecular formula is C10H14N2O. The Morgan fingerprint density at radius 1 is 1.69 bits per heavy atom. The van der Waals surface area contributed by atoms with Crippen molar-refractivity contribution in [2.45, 2.75) is 32.1 Å². The Morgan fingerprint density at radius 2 is 2.38 bits per heavy atom. The molecule has 1 saturated carbocycles. The summed E-state index contributed by atoms with van der Waals surface area (Å²) < 4.78 is 1.71. The van der Waals surface area contributed by atoms with Gasteiger partial charge in [0.05, 0.1) is 5.69 Å². The lowest BCUT2D eigenvalue weighted by molar-refractivity contribution is 0.0979. The lowest BCUT2D eigenvalue weighted by atomic mass is 10.2. The minimum atomic E-state index is 0.182. The predicted octanol–water partition coefficient (Wildman–Crippen LogP) is 1.89. The molecule has 13 heavy (non-hydrogen) atoms. The maximum absolute atomic E-state index is 11.4. The van der Waals surface area contributed by atoms with Gasteiger partial charge in [-0.15, -0.1) is 0 Å². The third-order valence-electron chi connectivity index (χ3n) is 2.50. The Kier molecular flexibility index (Phi) is 1.94. The molecule has 1 aromatic heterocycles. The summed E-state index contributed by atoms with van der Waals surface area (Å²) in [7, 11) is 1.84. The van der Waals surface area contributed by atoms with Crippen LogP contribution in [0.15, 0.2) is 6.07 Å². The van der Waals surface area contributed by atoms with Gasteiger partial charge in [-0.2, -0.15) is 5.10 Å². The van der Waals surface area contributed by atoms with Crippen LogP contribution >= 0.6 is 0 Å². The molecule has 0 amide bonds. The van der Waals surface area contributed by atoms with Gasteiger partial charge in [0, 0.05) is 19.4 Å². The molecule has 0 N–H and O–H groups in total. The van der Waals surface area contributed by atoms with E-state index in [1.165, 1.54) is 12.8 Å². The van der Waals surface area contributed by atoms with Crippen molar-refractivity contribution in [3.63, 3.8) is 0 Å². The predicted molar refractivity (Wildman–Crippen MR) is 49.8 cm³/mol. The molecule has 0 saturated heterocycles. The van der Waals surface area contributed by atoms with E-state index in [1.54, 1.807) is 4.68 Å². The molecule has 1 aliphatic carbocycles. The van der Waals surface area contributed by atoms with Crippen molar-refractivity contribution in [2.75, 3.05) is 0 Å². The molecule has 0 unspecified atom stereocenters. The van der Waals surface area contributed by atoms with Crippen LogP contribution in [-0.4, -0.2) is 15.6 Å². The van der Waals surface area contributed by atoms with Gasteiger partial charge >= 0.3 is 0 Å². The van der Waals surface area contributed by atoms with Gasteiger partial charge in [-0.05, 0) is 18.9 Å². The first-order chi connectivity index (χ1) is 6.22. The standard InChI is InChI=1S/C10H14N2O/c1-3-10(13)9-6-8(7-4-5-7)11-12(9)2/h6-7H,3-5H2,1-2H3. The van der Waals surface area contributed by atoms with E-state index in [0.717, 1.165) is 11.4 Å². The fourth-order valence-electron chi connectivity index (χ4n) is 1.51. The second-order valence-electron chi connectivity index (χ2n) is 3.63. The number of ketones is 1. The SMILES string of the molecule is CCC(=O)c1cc(C2CC2)nn1C. The van der Waals surface area contributed by atoms with E-state index < -0.39 is 0 Å². The van der Waals surface area contributed by atoms with E-state index in [0.29, 0.717) is 12.3 Å². The van der Waals surface area contributed by atoms with Crippen molar-refractivity contribution >= 4 is 5.78 Å². The first-order valence-electron chi connectivity index (χ1n) is 4.79. The molecular weight excluding hydrogens is 164 g/mol. The fraction of sp³-hybridized carbons (Fsp3) is 0.600. The largest absolute Gasteiger partial charge is 0.292 e. The molecule has 1 aliphatic rings. The summed E-state index contributed by atoms with van der Waals surface area (Å²) in [6.45, 7) is 1.88. The molecule has 3 heteroatoms. The van der Waals surface area contributed by atoms with Crippen LogP contribution in [0.2, 0.25) is 0 Å². The van der Waals surface area contributed by atoms with Crippen LogP contribution in [0.5, 0.6) is 0 Å². The summed E-state index contributed by atoms with van der Waals surface area (Å²) in [4.78, 5) is 11.4. The minimum Gasteiger partial charge on any atom is -0.292 e. The van der Waals surface area contributed by atoms with Crippen molar-refractivity contribution in [1.82, 2.24) is 9.78 Å². The van der Waals surface area contributed by atoms with Crippen LogP contribution in [0.25, 0.3) is 0 Å². The fourth-order valence-corrected chi connectivity index (χ4v) is 1.51. The van der Waals surface area contributed by atoms with Crippen LogP contribution in [0.4, 0.5) is 0 Å². The number of aromatic nitrogens is 2. The van der Waals surface area contributed by atoms with Crippen LogP contribution < -0.4 is 0 Å². The molecule has 2 rings (SSSR count). The molecule has 0 aromatic carbocycles. The molecule has 1 heterocycles. The summed E-state index contributed by atoms with van der Waals surface area (Å²) >= 11 is 0. The van der Waals surface area contributed by atoms with Crippen LogP contribution in [0.1, 0.15) is 48.3 Å². The number of nitrogens with zero attached hydrogens (tertiary/aromatic N) is 2. The average Bonchev–Trinajstić information content (AvgIpc) is 2.89.